The van der Waals surface area contributed by atoms with Crippen LogP contribution < -0.4 is 5.32 Å². The van der Waals surface area contributed by atoms with E-state index in [1.807, 2.05) is 6.07 Å². The highest BCUT2D eigenvalue weighted by Gasteiger charge is 2.06. The molecular weight excluding hydrogens is 228 g/mol. The monoisotopic (exact) mass is 236 g/mol. The molecule has 2 N–H and O–H groups in total. The number of benzene rings is 1. The molecule has 0 aliphatic rings. The number of fused-ring (bicyclic) bond motifs is 1. The molecule has 1 aromatic heterocycles. The van der Waals surface area contributed by atoms with E-state index >= 15 is 0 Å². The molecule has 2 aromatic rings. The highest BCUT2D eigenvalue weighted by Crippen LogP contribution is 2.27. The highest BCUT2D eigenvalue weighted by atomic mass is 35.5. The average molecular weight is 237 g/mol. The van der Waals surface area contributed by atoms with E-state index in [9.17, 15) is 4.79 Å². The predicted octanol–water partition coefficient (Wildman–Crippen LogP) is 2.38. The molecule has 1 aromatic carbocycles. The maximum absolute atomic E-state index is 10.5. The molecule has 0 amide bonds. The van der Waals surface area contributed by atoms with Gasteiger partial charge in [0.2, 0.25) is 0 Å². The Morgan fingerprint density at radius 1 is 1.44 bits per heavy atom. The number of hydrogen-bond acceptors (Lipinski definition) is 3. The molecule has 0 saturated heterocycles. The summed E-state index contributed by atoms with van der Waals surface area (Å²) < 4.78 is 0. The van der Waals surface area contributed by atoms with E-state index in [1.54, 1.807) is 24.4 Å². The number of aromatic nitrogens is 1. The number of carbonyl (C=O) groups is 1. The quantitative estimate of drug-likeness (QED) is 0.859. The van der Waals surface area contributed by atoms with Crippen LogP contribution in [0, 0.1) is 0 Å². The Labute approximate surface area is 96.9 Å². The topological polar surface area (TPSA) is 62.2 Å². The van der Waals surface area contributed by atoms with Gasteiger partial charge < -0.3 is 10.4 Å². The number of nitrogens with zero attached hydrogens (tertiary/aromatic N) is 1. The van der Waals surface area contributed by atoms with Gasteiger partial charge in [0.05, 0.1) is 16.2 Å². The lowest BCUT2D eigenvalue weighted by molar-refractivity contribution is -0.134. The van der Waals surface area contributed by atoms with Crippen LogP contribution in [-0.4, -0.2) is 22.6 Å². The van der Waals surface area contributed by atoms with Gasteiger partial charge in [-0.25, -0.2) is 0 Å². The lowest BCUT2D eigenvalue weighted by Crippen LogP contribution is -2.12. The van der Waals surface area contributed by atoms with Crippen molar-refractivity contribution in [1.82, 2.24) is 4.98 Å². The Bertz CT molecular complexity index is 542. The number of carboxylic acid groups (broad SMARTS) is 1. The second-order valence-corrected chi connectivity index (χ2v) is 3.65. The molecule has 0 spiro atoms. The first-order chi connectivity index (χ1) is 7.68. The molecule has 0 radical (unpaired) electrons. The van der Waals surface area contributed by atoms with E-state index in [-0.39, 0.29) is 6.54 Å². The summed E-state index contributed by atoms with van der Waals surface area (Å²) in [6, 6.07) is 7.07. The van der Waals surface area contributed by atoms with Crippen molar-refractivity contribution in [3.05, 3.63) is 35.5 Å². The van der Waals surface area contributed by atoms with Crippen molar-refractivity contribution < 1.29 is 9.90 Å². The maximum atomic E-state index is 10.5. The molecule has 0 saturated carbocycles. The van der Waals surface area contributed by atoms with E-state index in [0.717, 1.165) is 5.39 Å². The first-order valence-corrected chi connectivity index (χ1v) is 5.05. The number of carboxylic acids is 1. The molecule has 0 unspecified atom stereocenters. The number of aliphatic carboxylic acids is 1. The number of rotatable bonds is 3. The first kappa shape index (κ1) is 10.7. The van der Waals surface area contributed by atoms with Crippen molar-refractivity contribution in [2.75, 3.05) is 11.9 Å². The zero-order chi connectivity index (χ0) is 11.5. The first-order valence-electron chi connectivity index (χ1n) is 4.67. The van der Waals surface area contributed by atoms with Crippen LogP contribution in [0.15, 0.2) is 30.5 Å². The van der Waals surface area contributed by atoms with Crippen LogP contribution in [0.2, 0.25) is 5.02 Å². The zero-order valence-corrected chi connectivity index (χ0v) is 9.03. The van der Waals surface area contributed by atoms with E-state index in [4.69, 9.17) is 16.7 Å². The summed E-state index contributed by atoms with van der Waals surface area (Å²) in [4.78, 5) is 14.6. The number of anilines is 1. The minimum Gasteiger partial charge on any atom is -0.480 e. The van der Waals surface area contributed by atoms with Gasteiger partial charge in [-0.15, -0.1) is 0 Å². The van der Waals surface area contributed by atoms with Gasteiger partial charge in [-0.05, 0) is 24.3 Å². The molecule has 82 valence electrons. The van der Waals surface area contributed by atoms with Crippen LogP contribution in [0.3, 0.4) is 0 Å². The minimum absolute atomic E-state index is 0.146. The van der Waals surface area contributed by atoms with Gasteiger partial charge in [0.25, 0.3) is 0 Å². The SMILES string of the molecule is O=C(O)CNc1ccc(Cl)c2cccnc12. The Hall–Kier alpha value is -1.81. The Morgan fingerprint density at radius 3 is 3.00 bits per heavy atom. The van der Waals surface area contributed by atoms with Crippen molar-refractivity contribution in [2.24, 2.45) is 0 Å². The molecule has 0 aliphatic heterocycles. The molecule has 16 heavy (non-hydrogen) atoms. The average Bonchev–Trinajstić information content (AvgIpc) is 2.28. The van der Waals surface area contributed by atoms with Crippen LogP contribution in [0.25, 0.3) is 10.9 Å². The summed E-state index contributed by atoms with van der Waals surface area (Å²) in [5.41, 5.74) is 1.35. The molecule has 0 fully saturated rings. The summed E-state index contributed by atoms with van der Waals surface area (Å²) in [6.45, 7) is -0.146. The van der Waals surface area contributed by atoms with Crippen LogP contribution in [0.1, 0.15) is 0 Å². The lowest BCUT2D eigenvalue weighted by Gasteiger charge is -2.07. The summed E-state index contributed by atoms with van der Waals surface area (Å²) >= 11 is 6.01. The van der Waals surface area contributed by atoms with Crippen LogP contribution in [0.4, 0.5) is 5.69 Å². The van der Waals surface area contributed by atoms with Gasteiger partial charge in [0, 0.05) is 11.6 Å². The van der Waals surface area contributed by atoms with Crippen molar-refractivity contribution in [3.8, 4) is 0 Å². The third kappa shape index (κ3) is 2.06. The summed E-state index contributed by atoms with van der Waals surface area (Å²) in [6.07, 6.45) is 1.64. The predicted molar refractivity (Wildman–Crippen MR) is 62.9 cm³/mol. The Balaban J connectivity index is 2.46. The van der Waals surface area contributed by atoms with Crippen molar-refractivity contribution in [2.45, 2.75) is 0 Å². The molecule has 5 heteroatoms. The van der Waals surface area contributed by atoms with E-state index in [1.165, 1.54) is 0 Å². The zero-order valence-electron chi connectivity index (χ0n) is 8.27. The standard InChI is InChI=1S/C11H9ClN2O2/c12-8-3-4-9(14-6-10(15)16)11-7(8)2-1-5-13-11/h1-5,14H,6H2,(H,15,16). The smallest absolute Gasteiger partial charge is 0.322 e. The van der Waals surface area contributed by atoms with Gasteiger partial charge in [-0.2, -0.15) is 0 Å². The second-order valence-electron chi connectivity index (χ2n) is 3.24. The third-order valence-corrected chi connectivity index (χ3v) is 2.48. The lowest BCUT2D eigenvalue weighted by atomic mass is 10.2. The molecule has 0 bridgehead atoms. The van der Waals surface area contributed by atoms with Gasteiger partial charge in [0.15, 0.2) is 0 Å². The van der Waals surface area contributed by atoms with Crippen LogP contribution in [-0.2, 0) is 4.79 Å². The highest BCUT2D eigenvalue weighted by molar-refractivity contribution is 6.35. The Kier molecular flexibility index (Phi) is 2.92. The number of halogens is 1. The Morgan fingerprint density at radius 2 is 2.25 bits per heavy atom. The fourth-order valence-electron chi connectivity index (χ4n) is 1.45. The van der Waals surface area contributed by atoms with Gasteiger partial charge in [-0.3, -0.25) is 9.78 Å². The number of nitrogens with one attached hydrogen (secondary N) is 1. The molecule has 4 nitrogen and oxygen atoms in total. The molecule has 0 aliphatic carbocycles. The summed E-state index contributed by atoms with van der Waals surface area (Å²) in [5.74, 6) is -0.918. The summed E-state index contributed by atoms with van der Waals surface area (Å²) in [7, 11) is 0. The van der Waals surface area contributed by atoms with E-state index in [2.05, 4.69) is 10.3 Å². The van der Waals surface area contributed by atoms with Crippen molar-refractivity contribution in [1.29, 1.82) is 0 Å². The molecule has 0 atom stereocenters. The molecular formula is C11H9ClN2O2. The van der Waals surface area contributed by atoms with Crippen molar-refractivity contribution >= 4 is 34.2 Å². The van der Waals surface area contributed by atoms with Crippen LogP contribution >= 0.6 is 11.6 Å². The van der Waals surface area contributed by atoms with Crippen LogP contribution in [0.5, 0.6) is 0 Å². The minimum atomic E-state index is -0.918. The fourth-order valence-corrected chi connectivity index (χ4v) is 1.67. The van der Waals surface area contributed by atoms with E-state index in [0.29, 0.717) is 16.2 Å². The van der Waals surface area contributed by atoms with Gasteiger partial charge in [0.1, 0.15) is 6.54 Å². The van der Waals surface area contributed by atoms with Gasteiger partial charge >= 0.3 is 5.97 Å². The number of hydrogen-bond donors (Lipinski definition) is 2. The summed E-state index contributed by atoms with van der Waals surface area (Å²) in [5, 5.41) is 12.8. The van der Waals surface area contributed by atoms with Crippen molar-refractivity contribution in [3.63, 3.8) is 0 Å². The number of pyridine rings is 1. The molecule has 2 rings (SSSR count). The second kappa shape index (κ2) is 4.37. The largest absolute Gasteiger partial charge is 0.480 e. The third-order valence-electron chi connectivity index (χ3n) is 2.15. The van der Waals surface area contributed by atoms with E-state index < -0.39 is 5.97 Å². The molecule has 1 heterocycles. The normalized spacial score (nSPS) is 10.3. The maximum Gasteiger partial charge on any atom is 0.322 e. The fraction of sp³-hybridized carbons (Fsp3) is 0.0909. The van der Waals surface area contributed by atoms with Gasteiger partial charge in [-0.1, -0.05) is 11.6 Å².